The van der Waals surface area contributed by atoms with Gasteiger partial charge in [-0.05, 0) is 45.4 Å². The number of hydrogen-bond acceptors (Lipinski definition) is 7. The van der Waals surface area contributed by atoms with Gasteiger partial charge < -0.3 is 29.0 Å². The van der Waals surface area contributed by atoms with Gasteiger partial charge in [-0.15, -0.1) is 0 Å². The maximum atomic E-state index is 12.1. The number of carbonyl (C=O) groups is 2. The molecule has 3 unspecified atom stereocenters. The minimum atomic E-state index is -1.01. The number of benzene rings is 1. The normalized spacial score (nSPS) is 21.0. The number of nitrogens with zero attached hydrogens (tertiary/aromatic N) is 1. The van der Waals surface area contributed by atoms with Crippen LogP contribution in [0.2, 0.25) is 0 Å². The van der Waals surface area contributed by atoms with Gasteiger partial charge in [0.2, 0.25) is 0 Å². The summed E-state index contributed by atoms with van der Waals surface area (Å²) in [5.41, 5.74) is 0.0271. The Kier molecular flexibility index (Phi) is 5.93. The Morgan fingerprint density at radius 1 is 1.24 bits per heavy atom. The maximum absolute atomic E-state index is 12.1. The number of likely N-dealkylation sites (tertiary alicyclic amines) is 1. The van der Waals surface area contributed by atoms with Gasteiger partial charge in [0.05, 0.1) is 19.1 Å². The number of ether oxygens (including phenoxy) is 4. The molecule has 29 heavy (non-hydrogen) atoms. The summed E-state index contributed by atoms with van der Waals surface area (Å²) in [7, 11) is 1.29. The fraction of sp³-hybridized carbons (Fsp3) is 0.619. The highest BCUT2D eigenvalue weighted by Gasteiger charge is 2.41. The molecule has 8 heteroatoms. The van der Waals surface area contributed by atoms with Gasteiger partial charge in [-0.1, -0.05) is 6.07 Å². The topological polar surface area (TPSA) is 94.5 Å². The minimum absolute atomic E-state index is 0.137. The monoisotopic (exact) mass is 407 g/mol. The van der Waals surface area contributed by atoms with Crippen LogP contribution in [0.3, 0.4) is 0 Å². The van der Waals surface area contributed by atoms with Gasteiger partial charge >= 0.3 is 12.1 Å². The fourth-order valence-electron chi connectivity index (χ4n) is 3.35. The van der Waals surface area contributed by atoms with Crippen molar-refractivity contribution in [1.82, 2.24) is 4.90 Å². The first-order chi connectivity index (χ1) is 13.6. The number of fused-ring (bicyclic) bond motifs is 1. The van der Waals surface area contributed by atoms with Crippen molar-refractivity contribution in [3.8, 4) is 11.5 Å². The molecule has 3 rings (SSSR count). The Bertz CT molecular complexity index is 767. The smallest absolute Gasteiger partial charge is 0.410 e. The summed E-state index contributed by atoms with van der Waals surface area (Å²) in [6, 6.07) is 5.12. The van der Waals surface area contributed by atoms with Gasteiger partial charge in [-0.3, -0.25) is 4.79 Å². The largest absolute Gasteiger partial charge is 0.486 e. The van der Waals surface area contributed by atoms with Gasteiger partial charge in [0.15, 0.2) is 11.5 Å². The second kappa shape index (κ2) is 8.10. The van der Waals surface area contributed by atoms with E-state index in [0.717, 1.165) is 0 Å². The van der Waals surface area contributed by atoms with E-state index in [-0.39, 0.29) is 18.1 Å². The molecule has 1 aromatic rings. The van der Waals surface area contributed by atoms with E-state index in [1.807, 2.05) is 20.8 Å². The second-order valence-corrected chi connectivity index (χ2v) is 8.58. The molecule has 3 atom stereocenters. The third kappa shape index (κ3) is 4.75. The molecule has 1 N–H and O–H groups in total. The van der Waals surface area contributed by atoms with Crippen LogP contribution in [0.5, 0.6) is 11.5 Å². The molecule has 2 heterocycles. The summed E-state index contributed by atoms with van der Waals surface area (Å²) >= 11 is 0. The molecule has 2 aliphatic heterocycles. The standard InChI is InChI=1S/C21H29NO7/c1-12(19(24)26-5)18(23)13-6-7-15-16(8-13)28-17(11-27-15)14-9-22(10-14)20(25)29-21(2,3)4/h6-8,12,14,17-18,23H,9-11H2,1-5H3. The van der Waals surface area contributed by atoms with E-state index in [2.05, 4.69) is 0 Å². The molecule has 0 saturated carbocycles. The predicted octanol–water partition coefficient (Wildman–Crippen LogP) is 2.54. The van der Waals surface area contributed by atoms with Crippen LogP contribution in [0.1, 0.15) is 39.4 Å². The van der Waals surface area contributed by atoms with Gasteiger partial charge in [-0.25, -0.2) is 4.79 Å². The van der Waals surface area contributed by atoms with Gasteiger partial charge in [0.1, 0.15) is 18.3 Å². The lowest BCUT2D eigenvalue weighted by atomic mass is 9.93. The van der Waals surface area contributed by atoms with Gasteiger partial charge in [0.25, 0.3) is 0 Å². The molecule has 2 aliphatic rings. The molecule has 0 aromatic heterocycles. The molecule has 1 saturated heterocycles. The summed E-state index contributed by atoms with van der Waals surface area (Å²) in [5, 5.41) is 10.5. The van der Waals surface area contributed by atoms with Crippen molar-refractivity contribution in [1.29, 1.82) is 0 Å². The zero-order valence-electron chi connectivity index (χ0n) is 17.5. The van der Waals surface area contributed by atoms with Crippen LogP contribution in [0.25, 0.3) is 0 Å². The van der Waals surface area contributed by atoms with Crippen molar-refractivity contribution < 1.29 is 33.6 Å². The number of esters is 1. The van der Waals surface area contributed by atoms with E-state index < -0.39 is 23.6 Å². The Labute approximate surface area is 170 Å². The first-order valence-electron chi connectivity index (χ1n) is 9.76. The molecule has 0 radical (unpaired) electrons. The second-order valence-electron chi connectivity index (χ2n) is 8.58. The first-order valence-corrected chi connectivity index (χ1v) is 9.76. The van der Waals surface area contributed by atoms with Crippen molar-refractivity contribution >= 4 is 12.1 Å². The van der Waals surface area contributed by atoms with E-state index in [0.29, 0.717) is 36.8 Å². The van der Waals surface area contributed by atoms with E-state index in [9.17, 15) is 14.7 Å². The molecule has 1 amide bonds. The first kappa shape index (κ1) is 21.2. The number of aliphatic hydroxyl groups is 1. The summed E-state index contributed by atoms with van der Waals surface area (Å²) in [5.74, 6) is 0.0596. The fourth-order valence-corrected chi connectivity index (χ4v) is 3.35. The van der Waals surface area contributed by atoms with Crippen LogP contribution in [-0.4, -0.2) is 60.6 Å². The molecule has 160 valence electrons. The zero-order valence-corrected chi connectivity index (χ0v) is 17.5. The quantitative estimate of drug-likeness (QED) is 0.767. The Balaban J connectivity index is 1.61. The van der Waals surface area contributed by atoms with Crippen LogP contribution in [0, 0.1) is 11.8 Å². The van der Waals surface area contributed by atoms with Crippen molar-refractivity contribution in [3.63, 3.8) is 0 Å². The molecule has 1 aromatic carbocycles. The molecule has 1 fully saturated rings. The van der Waals surface area contributed by atoms with Crippen molar-refractivity contribution in [2.45, 2.75) is 45.5 Å². The van der Waals surface area contributed by atoms with Crippen LogP contribution in [-0.2, 0) is 14.3 Å². The van der Waals surface area contributed by atoms with Crippen molar-refractivity contribution in [2.75, 3.05) is 26.8 Å². The van der Waals surface area contributed by atoms with Crippen LogP contribution in [0.15, 0.2) is 18.2 Å². The van der Waals surface area contributed by atoms with Crippen molar-refractivity contribution in [3.05, 3.63) is 23.8 Å². The third-order valence-electron chi connectivity index (χ3n) is 5.12. The lowest BCUT2D eigenvalue weighted by Crippen LogP contribution is -2.58. The number of hydrogen-bond donors (Lipinski definition) is 1. The third-order valence-corrected chi connectivity index (χ3v) is 5.12. The highest BCUT2D eigenvalue weighted by atomic mass is 16.6. The molecule has 0 aliphatic carbocycles. The Hall–Kier alpha value is -2.48. The Morgan fingerprint density at radius 2 is 1.93 bits per heavy atom. The molecular weight excluding hydrogens is 378 g/mol. The van der Waals surface area contributed by atoms with Crippen LogP contribution < -0.4 is 9.47 Å². The number of amides is 1. The highest BCUT2D eigenvalue weighted by Crippen LogP contribution is 2.38. The summed E-state index contributed by atoms with van der Waals surface area (Å²) < 4.78 is 22.0. The molecule has 0 bridgehead atoms. The number of methoxy groups -OCH3 is 1. The lowest BCUT2D eigenvalue weighted by Gasteiger charge is -2.44. The van der Waals surface area contributed by atoms with E-state index in [1.165, 1.54) is 7.11 Å². The van der Waals surface area contributed by atoms with Crippen LogP contribution >= 0.6 is 0 Å². The minimum Gasteiger partial charge on any atom is -0.486 e. The summed E-state index contributed by atoms with van der Waals surface area (Å²) in [6.07, 6.45) is -1.54. The van der Waals surface area contributed by atoms with Crippen molar-refractivity contribution in [2.24, 2.45) is 11.8 Å². The average molecular weight is 407 g/mol. The predicted molar refractivity (Wildman–Crippen MR) is 104 cm³/mol. The average Bonchev–Trinajstić information content (AvgIpc) is 2.62. The van der Waals surface area contributed by atoms with E-state index >= 15 is 0 Å². The maximum Gasteiger partial charge on any atom is 0.410 e. The van der Waals surface area contributed by atoms with E-state index in [4.69, 9.17) is 18.9 Å². The highest BCUT2D eigenvalue weighted by molar-refractivity contribution is 5.73. The van der Waals surface area contributed by atoms with Gasteiger partial charge in [-0.2, -0.15) is 0 Å². The number of rotatable bonds is 4. The molecular formula is C21H29NO7. The van der Waals surface area contributed by atoms with Gasteiger partial charge in [0, 0.05) is 19.0 Å². The number of carbonyl (C=O) groups excluding carboxylic acids is 2. The summed E-state index contributed by atoms with van der Waals surface area (Å²) in [6.45, 7) is 8.59. The van der Waals surface area contributed by atoms with Crippen LogP contribution in [0.4, 0.5) is 4.79 Å². The SMILES string of the molecule is COC(=O)C(C)C(O)c1ccc2c(c1)OC(C1CN(C(=O)OC(C)(C)C)C1)CO2. The van der Waals surface area contributed by atoms with E-state index in [1.54, 1.807) is 30.0 Å². The summed E-state index contributed by atoms with van der Waals surface area (Å²) in [4.78, 5) is 25.4. The molecule has 0 spiro atoms. The Morgan fingerprint density at radius 3 is 2.55 bits per heavy atom. The lowest BCUT2D eigenvalue weighted by molar-refractivity contribution is -0.148. The number of aliphatic hydroxyl groups excluding tert-OH is 1. The molecule has 8 nitrogen and oxygen atoms in total. The zero-order chi connectivity index (χ0) is 21.3.